The van der Waals surface area contributed by atoms with Crippen molar-refractivity contribution < 1.29 is 13.9 Å². The minimum Gasteiger partial charge on any atom is -0.392 e. The number of aliphatic hydroxyl groups is 1. The lowest BCUT2D eigenvalue weighted by Crippen LogP contribution is -2.27. The average Bonchev–Trinajstić information content (AvgIpc) is 2.28. The minimum absolute atomic E-state index is 0.0389. The number of halogens is 2. The molecule has 2 N–H and O–H groups in total. The van der Waals surface area contributed by atoms with Crippen molar-refractivity contribution in [1.29, 1.82) is 0 Å². The quantitative estimate of drug-likeness (QED) is 0.786. The van der Waals surface area contributed by atoms with Crippen molar-refractivity contribution in [3.63, 3.8) is 0 Å². The zero-order valence-corrected chi connectivity index (χ0v) is 10.9. The molecule has 2 nitrogen and oxygen atoms in total. The molecule has 0 saturated heterocycles. The largest absolute Gasteiger partial charge is 0.392 e. The van der Waals surface area contributed by atoms with Crippen LogP contribution in [0.3, 0.4) is 0 Å². The van der Waals surface area contributed by atoms with Gasteiger partial charge in [0.05, 0.1) is 6.10 Å². The van der Waals surface area contributed by atoms with E-state index in [1.54, 1.807) is 12.1 Å². The molecule has 0 aliphatic heterocycles. The molecule has 0 saturated carbocycles. The highest BCUT2D eigenvalue weighted by molar-refractivity contribution is 5.24. The molecule has 1 rings (SSSR count). The fourth-order valence-electron chi connectivity index (χ4n) is 1.85. The molecule has 0 aliphatic rings. The average molecular weight is 257 g/mol. The van der Waals surface area contributed by atoms with Gasteiger partial charge in [-0.3, -0.25) is 0 Å². The highest BCUT2D eigenvalue weighted by atomic mass is 19.3. The predicted molar refractivity (Wildman–Crippen MR) is 68.6 cm³/mol. The molecular weight excluding hydrogens is 236 g/mol. The monoisotopic (exact) mass is 257 g/mol. The van der Waals surface area contributed by atoms with Crippen LogP contribution in [-0.4, -0.2) is 17.8 Å². The molecule has 0 fully saturated rings. The van der Waals surface area contributed by atoms with Crippen LogP contribution in [0.5, 0.6) is 0 Å². The van der Waals surface area contributed by atoms with Crippen LogP contribution in [0.15, 0.2) is 24.3 Å². The first-order chi connectivity index (χ1) is 8.49. The molecule has 4 heteroatoms. The summed E-state index contributed by atoms with van der Waals surface area (Å²) < 4.78 is 25.0. The van der Waals surface area contributed by atoms with E-state index >= 15 is 0 Å². The number of hydrogen-bond acceptors (Lipinski definition) is 2. The van der Waals surface area contributed by atoms with E-state index in [0.717, 1.165) is 12.0 Å². The Morgan fingerprint density at radius 1 is 1.28 bits per heavy atom. The Bertz CT molecular complexity index is 355. The first kappa shape index (κ1) is 15.1. The number of rotatable bonds is 7. The van der Waals surface area contributed by atoms with Gasteiger partial charge < -0.3 is 10.4 Å². The molecule has 0 heterocycles. The molecule has 1 atom stereocenters. The number of nitrogens with one attached hydrogen (secondary N) is 1. The van der Waals surface area contributed by atoms with Gasteiger partial charge in [0.25, 0.3) is 6.43 Å². The maximum Gasteiger partial charge on any atom is 0.263 e. The molecule has 18 heavy (non-hydrogen) atoms. The highest BCUT2D eigenvalue weighted by Crippen LogP contribution is 2.19. The molecule has 0 aromatic heterocycles. The molecule has 0 aliphatic carbocycles. The summed E-state index contributed by atoms with van der Waals surface area (Å²) >= 11 is 0. The molecule has 0 bridgehead atoms. The lowest BCUT2D eigenvalue weighted by atomic mass is 10.1. The Morgan fingerprint density at radius 2 is 2.00 bits per heavy atom. The lowest BCUT2D eigenvalue weighted by Gasteiger charge is -2.14. The van der Waals surface area contributed by atoms with Gasteiger partial charge in [-0.05, 0) is 24.0 Å². The van der Waals surface area contributed by atoms with Crippen LogP contribution in [0.2, 0.25) is 0 Å². The van der Waals surface area contributed by atoms with Crippen molar-refractivity contribution in [3.8, 4) is 0 Å². The molecule has 1 unspecified atom stereocenters. The van der Waals surface area contributed by atoms with Crippen LogP contribution in [0.4, 0.5) is 8.78 Å². The zero-order valence-electron chi connectivity index (χ0n) is 10.9. The summed E-state index contributed by atoms with van der Waals surface area (Å²) in [6.07, 6.45) is -2.08. The van der Waals surface area contributed by atoms with Crippen LogP contribution in [0.25, 0.3) is 0 Å². The zero-order chi connectivity index (χ0) is 13.5. The summed E-state index contributed by atoms with van der Waals surface area (Å²) in [7, 11) is 0. The second-order valence-corrected chi connectivity index (χ2v) is 4.96. The number of hydrogen-bond donors (Lipinski definition) is 2. The Balaban J connectivity index is 2.37. The summed E-state index contributed by atoms with van der Waals surface area (Å²) in [5.41, 5.74) is 0.849. The molecule has 0 spiro atoms. The van der Waals surface area contributed by atoms with Gasteiger partial charge in [0.15, 0.2) is 0 Å². The van der Waals surface area contributed by atoms with Crippen molar-refractivity contribution in [1.82, 2.24) is 5.32 Å². The van der Waals surface area contributed by atoms with Gasteiger partial charge in [0, 0.05) is 18.7 Å². The van der Waals surface area contributed by atoms with E-state index in [4.69, 9.17) is 0 Å². The number of aliphatic hydroxyl groups excluding tert-OH is 1. The van der Waals surface area contributed by atoms with E-state index in [2.05, 4.69) is 19.2 Å². The summed E-state index contributed by atoms with van der Waals surface area (Å²) in [4.78, 5) is 0. The molecule has 1 aromatic rings. The molecule has 102 valence electrons. The van der Waals surface area contributed by atoms with Gasteiger partial charge in [-0.1, -0.05) is 32.0 Å². The molecule has 0 radical (unpaired) electrons. The summed E-state index contributed by atoms with van der Waals surface area (Å²) in [5, 5.41) is 12.7. The van der Waals surface area contributed by atoms with E-state index in [-0.39, 0.29) is 11.7 Å². The van der Waals surface area contributed by atoms with E-state index < -0.39 is 6.43 Å². The van der Waals surface area contributed by atoms with Gasteiger partial charge in [0.1, 0.15) is 0 Å². The lowest BCUT2D eigenvalue weighted by molar-refractivity contribution is 0.145. The van der Waals surface area contributed by atoms with Crippen LogP contribution in [0.1, 0.15) is 37.8 Å². The maximum absolute atomic E-state index is 12.5. The fourth-order valence-corrected chi connectivity index (χ4v) is 1.85. The Hall–Kier alpha value is -1.00. The van der Waals surface area contributed by atoms with Crippen molar-refractivity contribution >= 4 is 0 Å². The third-order valence-electron chi connectivity index (χ3n) is 2.66. The van der Waals surface area contributed by atoms with Crippen LogP contribution < -0.4 is 5.32 Å². The van der Waals surface area contributed by atoms with Gasteiger partial charge in [-0.2, -0.15) is 0 Å². The van der Waals surface area contributed by atoms with Crippen LogP contribution in [0, 0.1) is 5.92 Å². The third kappa shape index (κ3) is 5.56. The van der Waals surface area contributed by atoms with Crippen molar-refractivity contribution in [2.75, 3.05) is 6.54 Å². The molecule has 0 amide bonds. The Morgan fingerprint density at radius 3 is 2.61 bits per heavy atom. The summed E-state index contributed by atoms with van der Waals surface area (Å²) in [6.45, 7) is 5.08. The number of benzene rings is 1. The minimum atomic E-state index is -2.43. The van der Waals surface area contributed by atoms with E-state index in [0.29, 0.717) is 19.0 Å². The maximum atomic E-state index is 12.5. The predicted octanol–water partition coefficient (Wildman–Crippen LogP) is 3.12. The first-order valence-corrected chi connectivity index (χ1v) is 6.24. The Kier molecular flexibility index (Phi) is 6.22. The molecular formula is C14H21F2NO. The van der Waals surface area contributed by atoms with E-state index in [9.17, 15) is 13.9 Å². The highest BCUT2D eigenvalue weighted by Gasteiger charge is 2.08. The van der Waals surface area contributed by atoms with Crippen LogP contribution in [-0.2, 0) is 6.54 Å². The topological polar surface area (TPSA) is 32.3 Å². The standard InChI is InChI=1S/C14H21F2NO/c1-10(2)6-13(18)9-17-8-11-4-3-5-12(7-11)14(15)16/h3-5,7,10,13-14,17-18H,6,8-9H2,1-2H3. The first-order valence-electron chi connectivity index (χ1n) is 6.24. The van der Waals surface area contributed by atoms with Gasteiger partial charge in [0.2, 0.25) is 0 Å². The smallest absolute Gasteiger partial charge is 0.263 e. The SMILES string of the molecule is CC(C)CC(O)CNCc1cccc(C(F)F)c1. The summed E-state index contributed by atoms with van der Waals surface area (Å²) in [5.74, 6) is 0.448. The Labute approximate surface area is 107 Å². The fraction of sp³-hybridized carbons (Fsp3) is 0.571. The number of alkyl halides is 2. The van der Waals surface area contributed by atoms with Crippen LogP contribution >= 0.6 is 0 Å². The van der Waals surface area contributed by atoms with Crippen molar-refractivity contribution in [2.45, 2.75) is 39.3 Å². The second-order valence-electron chi connectivity index (χ2n) is 4.96. The van der Waals surface area contributed by atoms with E-state index in [1.165, 1.54) is 12.1 Å². The molecule has 1 aromatic carbocycles. The second kappa shape index (κ2) is 7.44. The van der Waals surface area contributed by atoms with Gasteiger partial charge in [-0.25, -0.2) is 8.78 Å². The van der Waals surface area contributed by atoms with Crippen molar-refractivity contribution in [2.24, 2.45) is 5.92 Å². The van der Waals surface area contributed by atoms with Gasteiger partial charge >= 0.3 is 0 Å². The van der Waals surface area contributed by atoms with E-state index in [1.807, 2.05) is 0 Å². The summed E-state index contributed by atoms with van der Waals surface area (Å²) in [6, 6.07) is 6.34. The normalized spacial score (nSPS) is 13.3. The van der Waals surface area contributed by atoms with Crippen molar-refractivity contribution in [3.05, 3.63) is 35.4 Å². The third-order valence-corrected chi connectivity index (χ3v) is 2.66. The van der Waals surface area contributed by atoms with Gasteiger partial charge in [-0.15, -0.1) is 0 Å².